The van der Waals surface area contributed by atoms with Crippen molar-refractivity contribution >= 4 is 0 Å². The molecule has 0 radical (unpaired) electrons. The van der Waals surface area contributed by atoms with Crippen molar-refractivity contribution in [3.8, 4) is 5.75 Å². The molecule has 2 heteroatoms. The van der Waals surface area contributed by atoms with Crippen LogP contribution < -0.4 is 10.5 Å². The van der Waals surface area contributed by atoms with Crippen LogP contribution >= 0.6 is 0 Å². The van der Waals surface area contributed by atoms with E-state index in [0.717, 1.165) is 30.8 Å². The minimum absolute atomic E-state index is 0.0532. The lowest BCUT2D eigenvalue weighted by molar-refractivity contribution is 0.312. The molecule has 1 aromatic carbocycles. The Labute approximate surface area is 116 Å². The highest BCUT2D eigenvalue weighted by Crippen LogP contribution is 2.30. The number of para-hydroxylation sites is 1. The first-order valence-corrected chi connectivity index (χ1v) is 7.46. The zero-order valence-corrected chi connectivity index (χ0v) is 11.9. The molecule has 0 saturated carbocycles. The maximum atomic E-state index is 6.38. The third kappa shape index (κ3) is 4.10. The fourth-order valence-corrected chi connectivity index (χ4v) is 2.61. The normalized spacial score (nSPS) is 16.8. The summed E-state index contributed by atoms with van der Waals surface area (Å²) in [7, 11) is 0. The number of ether oxygens (including phenoxy) is 1. The van der Waals surface area contributed by atoms with Crippen molar-refractivity contribution in [2.24, 2.45) is 5.73 Å². The van der Waals surface area contributed by atoms with Crippen LogP contribution in [0.1, 0.15) is 57.1 Å². The molecule has 1 unspecified atom stereocenters. The number of benzene rings is 1. The number of nitrogens with two attached hydrogens (primary N) is 1. The lowest BCUT2D eigenvalue weighted by Crippen LogP contribution is -2.14. The van der Waals surface area contributed by atoms with Gasteiger partial charge in [-0.2, -0.15) is 0 Å². The van der Waals surface area contributed by atoms with Gasteiger partial charge in [-0.15, -0.1) is 0 Å². The molecule has 104 valence electrons. The van der Waals surface area contributed by atoms with Gasteiger partial charge in [0.05, 0.1) is 6.61 Å². The molecule has 1 aliphatic carbocycles. The van der Waals surface area contributed by atoms with Crippen molar-refractivity contribution in [2.45, 2.75) is 51.5 Å². The highest BCUT2D eigenvalue weighted by molar-refractivity contribution is 5.36. The predicted molar refractivity (Wildman–Crippen MR) is 80.3 cm³/mol. The van der Waals surface area contributed by atoms with Crippen LogP contribution in [0.3, 0.4) is 0 Å². The van der Waals surface area contributed by atoms with E-state index in [9.17, 15) is 0 Å². The van der Waals surface area contributed by atoms with Crippen molar-refractivity contribution < 1.29 is 4.74 Å². The van der Waals surface area contributed by atoms with Gasteiger partial charge in [0.1, 0.15) is 5.75 Å². The van der Waals surface area contributed by atoms with Crippen LogP contribution in [0, 0.1) is 0 Å². The van der Waals surface area contributed by atoms with Crippen LogP contribution in [0.5, 0.6) is 5.75 Å². The van der Waals surface area contributed by atoms with E-state index in [2.05, 4.69) is 19.1 Å². The quantitative estimate of drug-likeness (QED) is 0.770. The standard InChI is InChI=1S/C17H25NO/c1-2-12-19-17-11-7-6-10-15(17)16(18)13-14-8-4-3-5-9-14/h6-8,10-11,16H,2-5,9,12-13,18H2,1H3. The van der Waals surface area contributed by atoms with Crippen LogP contribution in [-0.2, 0) is 0 Å². The Balaban J connectivity index is 2.05. The van der Waals surface area contributed by atoms with Gasteiger partial charge in [-0.05, 0) is 44.6 Å². The predicted octanol–water partition coefficient (Wildman–Crippen LogP) is 4.37. The molecule has 0 heterocycles. The van der Waals surface area contributed by atoms with Crippen LogP contribution in [0.15, 0.2) is 35.9 Å². The number of hydrogen-bond acceptors (Lipinski definition) is 2. The summed E-state index contributed by atoms with van der Waals surface area (Å²) < 4.78 is 5.80. The van der Waals surface area contributed by atoms with Gasteiger partial charge in [0, 0.05) is 11.6 Å². The van der Waals surface area contributed by atoms with Crippen molar-refractivity contribution in [2.75, 3.05) is 6.61 Å². The summed E-state index contributed by atoms with van der Waals surface area (Å²) in [5.74, 6) is 0.952. The average molecular weight is 259 g/mol. The molecule has 0 bridgehead atoms. The van der Waals surface area contributed by atoms with E-state index in [4.69, 9.17) is 10.5 Å². The third-order valence-electron chi connectivity index (χ3n) is 3.65. The lowest BCUT2D eigenvalue weighted by atomic mass is 9.92. The Bertz CT molecular complexity index is 425. The first-order chi connectivity index (χ1) is 9.31. The van der Waals surface area contributed by atoms with Crippen LogP contribution in [0.2, 0.25) is 0 Å². The fourth-order valence-electron chi connectivity index (χ4n) is 2.61. The molecule has 1 aliphatic rings. The first kappa shape index (κ1) is 14.1. The van der Waals surface area contributed by atoms with Crippen molar-refractivity contribution in [3.63, 3.8) is 0 Å². The Morgan fingerprint density at radius 2 is 2.11 bits per heavy atom. The summed E-state index contributed by atoms with van der Waals surface area (Å²) in [4.78, 5) is 0. The number of allylic oxidation sites excluding steroid dienone is 1. The maximum absolute atomic E-state index is 6.38. The summed E-state index contributed by atoms with van der Waals surface area (Å²) in [6.45, 7) is 2.88. The highest BCUT2D eigenvalue weighted by atomic mass is 16.5. The van der Waals surface area contributed by atoms with E-state index in [-0.39, 0.29) is 6.04 Å². The second-order valence-electron chi connectivity index (χ2n) is 5.31. The summed E-state index contributed by atoms with van der Waals surface area (Å²) in [5.41, 5.74) is 9.04. The van der Waals surface area contributed by atoms with Gasteiger partial charge in [-0.3, -0.25) is 0 Å². The molecule has 0 saturated heterocycles. The summed E-state index contributed by atoms with van der Waals surface area (Å²) in [6, 6.07) is 8.24. The summed E-state index contributed by atoms with van der Waals surface area (Å²) in [6.07, 6.45) is 9.43. The molecule has 2 rings (SSSR count). The maximum Gasteiger partial charge on any atom is 0.124 e. The Kier molecular flexibility index (Phi) is 5.46. The van der Waals surface area contributed by atoms with E-state index in [1.54, 1.807) is 0 Å². The van der Waals surface area contributed by atoms with E-state index in [1.807, 2.05) is 18.2 Å². The first-order valence-electron chi connectivity index (χ1n) is 7.46. The smallest absolute Gasteiger partial charge is 0.124 e. The van der Waals surface area contributed by atoms with E-state index in [1.165, 1.54) is 31.3 Å². The van der Waals surface area contributed by atoms with Gasteiger partial charge in [0.25, 0.3) is 0 Å². The monoisotopic (exact) mass is 259 g/mol. The minimum atomic E-state index is 0.0532. The Morgan fingerprint density at radius 3 is 2.84 bits per heavy atom. The van der Waals surface area contributed by atoms with E-state index < -0.39 is 0 Å². The van der Waals surface area contributed by atoms with Gasteiger partial charge in [0.15, 0.2) is 0 Å². The Hall–Kier alpha value is -1.28. The molecule has 0 aliphatic heterocycles. The molecule has 0 aromatic heterocycles. The summed E-state index contributed by atoms with van der Waals surface area (Å²) >= 11 is 0. The molecule has 0 amide bonds. The molecule has 2 N–H and O–H groups in total. The van der Waals surface area contributed by atoms with E-state index in [0.29, 0.717) is 0 Å². The molecule has 0 fully saturated rings. The summed E-state index contributed by atoms with van der Waals surface area (Å²) in [5, 5.41) is 0. The van der Waals surface area contributed by atoms with Crippen molar-refractivity contribution in [1.29, 1.82) is 0 Å². The van der Waals surface area contributed by atoms with Crippen molar-refractivity contribution in [3.05, 3.63) is 41.5 Å². The topological polar surface area (TPSA) is 35.2 Å². The molecule has 1 atom stereocenters. The molecule has 0 spiro atoms. The van der Waals surface area contributed by atoms with Gasteiger partial charge >= 0.3 is 0 Å². The lowest BCUT2D eigenvalue weighted by Gasteiger charge is -2.20. The number of hydrogen-bond donors (Lipinski definition) is 1. The van der Waals surface area contributed by atoms with E-state index >= 15 is 0 Å². The van der Waals surface area contributed by atoms with Gasteiger partial charge in [-0.25, -0.2) is 0 Å². The highest BCUT2D eigenvalue weighted by Gasteiger charge is 2.14. The molecular weight excluding hydrogens is 234 g/mol. The van der Waals surface area contributed by atoms with Gasteiger partial charge in [-0.1, -0.05) is 36.8 Å². The zero-order valence-electron chi connectivity index (χ0n) is 11.9. The second-order valence-corrected chi connectivity index (χ2v) is 5.31. The largest absolute Gasteiger partial charge is 0.493 e. The fraction of sp³-hybridized carbons (Fsp3) is 0.529. The third-order valence-corrected chi connectivity index (χ3v) is 3.65. The number of rotatable bonds is 6. The molecule has 1 aromatic rings. The molecule has 2 nitrogen and oxygen atoms in total. The molecule has 19 heavy (non-hydrogen) atoms. The van der Waals surface area contributed by atoms with Crippen LogP contribution in [0.4, 0.5) is 0 Å². The SMILES string of the molecule is CCCOc1ccccc1C(N)CC1=CCCCC1. The van der Waals surface area contributed by atoms with Gasteiger partial charge < -0.3 is 10.5 Å². The average Bonchev–Trinajstić information content (AvgIpc) is 2.46. The van der Waals surface area contributed by atoms with Crippen LogP contribution in [-0.4, -0.2) is 6.61 Å². The van der Waals surface area contributed by atoms with Crippen molar-refractivity contribution in [1.82, 2.24) is 0 Å². The van der Waals surface area contributed by atoms with Gasteiger partial charge in [0.2, 0.25) is 0 Å². The van der Waals surface area contributed by atoms with Crippen LogP contribution in [0.25, 0.3) is 0 Å². The minimum Gasteiger partial charge on any atom is -0.493 e. The second kappa shape index (κ2) is 7.34. The molecular formula is C17H25NO. The Morgan fingerprint density at radius 1 is 1.26 bits per heavy atom. The zero-order chi connectivity index (χ0) is 13.5.